The SMILES string of the molecule is CN=C(NCC(C(C)C)N1CCN(C)CC1)NCC1(Sc2ccccc2)CC1. The highest BCUT2D eigenvalue weighted by atomic mass is 32.2. The van der Waals surface area contributed by atoms with E-state index in [1.54, 1.807) is 0 Å². The summed E-state index contributed by atoms with van der Waals surface area (Å²) in [6, 6.07) is 11.3. The van der Waals surface area contributed by atoms with Gasteiger partial charge in [0.1, 0.15) is 0 Å². The molecule has 1 unspecified atom stereocenters. The van der Waals surface area contributed by atoms with Gasteiger partial charge < -0.3 is 15.5 Å². The average molecular weight is 404 g/mol. The van der Waals surface area contributed by atoms with Gasteiger partial charge in [-0.3, -0.25) is 9.89 Å². The van der Waals surface area contributed by atoms with Crippen molar-refractivity contribution in [3.63, 3.8) is 0 Å². The molecule has 1 saturated heterocycles. The molecule has 28 heavy (non-hydrogen) atoms. The smallest absolute Gasteiger partial charge is 0.191 e. The van der Waals surface area contributed by atoms with Crippen molar-refractivity contribution in [3.05, 3.63) is 30.3 Å². The fourth-order valence-electron chi connectivity index (χ4n) is 3.80. The molecule has 0 amide bonds. The van der Waals surface area contributed by atoms with Crippen LogP contribution in [0.2, 0.25) is 0 Å². The molecule has 156 valence electrons. The van der Waals surface area contributed by atoms with E-state index in [-0.39, 0.29) is 0 Å². The van der Waals surface area contributed by atoms with Crippen molar-refractivity contribution < 1.29 is 0 Å². The Balaban J connectivity index is 1.47. The molecule has 2 aliphatic rings. The Labute approximate surface area is 175 Å². The highest BCUT2D eigenvalue weighted by Gasteiger charge is 2.43. The van der Waals surface area contributed by atoms with E-state index < -0.39 is 0 Å². The third kappa shape index (κ3) is 6.13. The highest BCUT2D eigenvalue weighted by Crippen LogP contribution is 2.51. The predicted octanol–water partition coefficient (Wildman–Crippen LogP) is 2.75. The van der Waals surface area contributed by atoms with E-state index in [4.69, 9.17) is 0 Å². The number of thioether (sulfide) groups is 1. The fourth-order valence-corrected chi connectivity index (χ4v) is 5.04. The number of guanidine groups is 1. The lowest BCUT2D eigenvalue weighted by Crippen LogP contribution is -2.55. The van der Waals surface area contributed by atoms with Gasteiger partial charge in [0.05, 0.1) is 0 Å². The van der Waals surface area contributed by atoms with Gasteiger partial charge in [-0.25, -0.2) is 0 Å². The molecule has 0 spiro atoms. The molecule has 6 heteroatoms. The lowest BCUT2D eigenvalue weighted by Gasteiger charge is -2.40. The number of nitrogens with zero attached hydrogens (tertiary/aromatic N) is 3. The first kappa shape index (κ1) is 21.5. The molecular formula is C22H37N5S. The van der Waals surface area contributed by atoms with Crippen LogP contribution < -0.4 is 10.6 Å². The van der Waals surface area contributed by atoms with Crippen LogP contribution in [0.15, 0.2) is 40.2 Å². The zero-order chi connectivity index (χ0) is 20.0. The summed E-state index contributed by atoms with van der Waals surface area (Å²) in [5, 5.41) is 7.19. The molecule has 1 aliphatic heterocycles. The third-order valence-corrected chi connectivity index (χ3v) is 7.44. The molecule has 0 aromatic heterocycles. The average Bonchev–Trinajstić information content (AvgIpc) is 3.46. The summed E-state index contributed by atoms with van der Waals surface area (Å²) in [5.41, 5.74) is 0. The largest absolute Gasteiger partial charge is 0.355 e. The molecule has 0 bridgehead atoms. The predicted molar refractivity (Wildman–Crippen MR) is 121 cm³/mol. The Morgan fingerprint density at radius 2 is 1.79 bits per heavy atom. The molecule has 2 fully saturated rings. The molecule has 1 saturated carbocycles. The van der Waals surface area contributed by atoms with Crippen molar-refractivity contribution >= 4 is 17.7 Å². The minimum absolute atomic E-state index is 0.327. The minimum atomic E-state index is 0.327. The first-order valence-corrected chi connectivity index (χ1v) is 11.4. The third-order valence-electron chi connectivity index (χ3n) is 5.94. The molecule has 1 aromatic carbocycles. The van der Waals surface area contributed by atoms with Crippen LogP contribution in [-0.2, 0) is 0 Å². The normalized spacial score (nSPS) is 21.5. The van der Waals surface area contributed by atoms with E-state index in [9.17, 15) is 0 Å². The summed E-state index contributed by atoms with van der Waals surface area (Å²) in [6.45, 7) is 11.2. The van der Waals surface area contributed by atoms with Gasteiger partial charge in [0.2, 0.25) is 0 Å². The van der Waals surface area contributed by atoms with Crippen LogP contribution in [0, 0.1) is 5.92 Å². The Morgan fingerprint density at radius 1 is 1.11 bits per heavy atom. The van der Waals surface area contributed by atoms with Crippen LogP contribution >= 0.6 is 11.8 Å². The van der Waals surface area contributed by atoms with E-state index >= 15 is 0 Å². The summed E-state index contributed by atoms with van der Waals surface area (Å²) in [6.07, 6.45) is 2.54. The summed E-state index contributed by atoms with van der Waals surface area (Å²) in [4.78, 5) is 10.9. The first-order chi connectivity index (χ1) is 13.5. The van der Waals surface area contributed by atoms with Gasteiger partial charge in [0, 0.05) is 62.0 Å². The number of hydrogen-bond donors (Lipinski definition) is 2. The van der Waals surface area contributed by atoms with Crippen molar-refractivity contribution in [3.8, 4) is 0 Å². The molecule has 1 heterocycles. The number of piperazine rings is 1. The number of likely N-dealkylation sites (N-methyl/N-ethyl adjacent to an activating group) is 1. The Morgan fingerprint density at radius 3 is 2.36 bits per heavy atom. The zero-order valence-electron chi connectivity index (χ0n) is 17.9. The number of aliphatic imine (C=N–C) groups is 1. The van der Waals surface area contributed by atoms with Gasteiger partial charge in [0.15, 0.2) is 5.96 Å². The Bertz CT molecular complexity index is 621. The molecule has 3 rings (SSSR count). The van der Waals surface area contributed by atoms with Gasteiger partial charge in [-0.15, -0.1) is 11.8 Å². The van der Waals surface area contributed by atoms with E-state index in [0.717, 1.165) is 45.2 Å². The summed E-state index contributed by atoms with van der Waals surface area (Å²) in [7, 11) is 4.09. The maximum atomic E-state index is 4.47. The second-order valence-electron chi connectivity index (χ2n) is 8.56. The van der Waals surface area contributed by atoms with E-state index in [1.165, 1.54) is 17.7 Å². The molecule has 1 aromatic rings. The number of nitrogens with one attached hydrogen (secondary N) is 2. The van der Waals surface area contributed by atoms with Crippen molar-refractivity contribution in [1.29, 1.82) is 0 Å². The summed E-state index contributed by atoms with van der Waals surface area (Å²) < 4.78 is 0.327. The van der Waals surface area contributed by atoms with Crippen LogP contribution in [-0.4, -0.2) is 79.9 Å². The quantitative estimate of drug-likeness (QED) is 0.516. The first-order valence-electron chi connectivity index (χ1n) is 10.6. The lowest BCUT2D eigenvalue weighted by molar-refractivity contribution is 0.0900. The topological polar surface area (TPSA) is 42.9 Å². The van der Waals surface area contributed by atoms with Crippen LogP contribution in [0.1, 0.15) is 26.7 Å². The minimum Gasteiger partial charge on any atom is -0.355 e. The summed E-state index contributed by atoms with van der Waals surface area (Å²) >= 11 is 2.00. The lowest BCUT2D eigenvalue weighted by atomic mass is 10.0. The van der Waals surface area contributed by atoms with Gasteiger partial charge in [0.25, 0.3) is 0 Å². The van der Waals surface area contributed by atoms with Crippen molar-refractivity contribution in [2.24, 2.45) is 10.9 Å². The summed E-state index contributed by atoms with van der Waals surface area (Å²) in [5.74, 6) is 1.55. The Kier molecular flexibility index (Phi) is 7.66. The number of benzene rings is 1. The molecule has 1 atom stereocenters. The standard InChI is InChI=1S/C22H37N5S/c1-18(2)20(27-14-12-26(4)13-15-27)16-24-21(23-3)25-17-22(10-11-22)28-19-8-6-5-7-9-19/h5-9,18,20H,10-17H2,1-4H3,(H2,23,24,25). The van der Waals surface area contributed by atoms with E-state index in [0.29, 0.717) is 16.7 Å². The zero-order valence-corrected chi connectivity index (χ0v) is 18.8. The molecule has 0 radical (unpaired) electrons. The number of rotatable bonds is 8. The molecule has 1 aliphatic carbocycles. The van der Waals surface area contributed by atoms with E-state index in [2.05, 4.69) is 76.7 Å². The van der Waals surface area contributed by atoms with Gasteiger partial charge in [-0.1, -0.05) is 32.0 Å². The fraction of sp³-hybridized carbons (Fsp3) is 0.682. The van der Waals surface area contributed by atoms with Crippen LogP contribution in [0.25, 0.3) is 0 Å². The van der Waals surface area contributed by atoms with Crippen molar-refractivity contribution in [1.82, 2.24) is 20.4 Å². The molecule has 5 nitrogen and oxygen atoms in total. The number of hydrogen-bond acceptors (Lipinski definition) is 4. The second kappa shape index (κ2) is 9.99. The molecular weight excluding hydrogens is 366 g/mol. The van der Waals surface area contributed by atoms with Gasteiger partial charge in [-0.2, -0.15) is 0 Å². The van der Waals surface area contributed by atoms with E-state index in [1.807, 2.05) is 18.8 Å². The maximum Gasteiger partial charge on any atom is 0.191 e. The second-order valence-corrected chi connectivity index (χ2v) is 10.1. The maximum absolute atomic E-state index is 4.47. The van der Waals surface area contributed by atoms with Crippen LogP contribution in [0.4, 0.5) is 0 Å². The van der Waals surface area contributed by atoms with Crippen molar-refractivity contribution in [2.45, 2.75) is 42.4 Å². The van der Waals surface area contributed by atoms with Gasteiger partial charge >= 0.3 is 0 Å². The van der Waals surface area contributed by atoms with Crippen LogP contribution in [0.5, 0.6) is 0 Å². The monoisotopic (exact) mass is 403 g/mol. The Hall–Kier alpha value is -1.24. The van der Waals surface area contributed by atoms with Crippen molar-refractivity contribution in [2.75, 3.05) is 53.4 Å². The molecule has 2 N–H and O–H groups in total. The van der Waals surface area contributed by atoms with Gasteiger partial charge in [-0.05, 0) is 37.9 Å². The highest BCUT2D eigenvalue weighted by molar-refractivity contribution is 8.01. The van der Waals surface area contributed by atoms with Crippen LogP contribution in [0.3, 0.4) is 0 Å².